The van der Waals surface area contributed by atoms with Crippen LogP contribution in [0.3, 0.4) is 0 Å². The van der Waals surface area contributed by atoms with E-state index in [1.807, 2.05) is 6.07 Å². The van der Waals surface area contributed by atoms with E-state index in [-0.39, 0.29) is 11.2 Å². The number of H-pyrrole nitrogens is 1. The van der Waals surface area contributed by atoms with Crippen LogP contribution in [-0.2, 0) is 5.41 Å². The van der Waals surface area contributed by atoms with Crippen molar-refractivity contribution in [2.75, 3.05) is 0 Å². The van der Waals surface area contributed by atoms with Crippen molar-refractivity contribution in [3.8, 4) is 11.3 Å². The van der Waals surface area contributed by atoms with E-state index in [1.54, 1.807) is 12.1 Å². The van der Waals surface area contributed by atoms with Crippen molar-refractivity contribution in [1.82, 2.24) is 9.97 Å². The van der Waals surface area contributed by atoms with Crippen LogP contribution in [0.2, 0.25) is 0 Å². The molecule has 18 heavy (non-hydrogen) atoms. The Morgan fingerprint density at radius 1 is 1.22 bits per heavy atom. The average molecular weight is 262 g/mol. The fourth-order valence-corrected chi connectivity index (χ4v) is 1.83. The Bertz CT molecular complexity index is 626. The third-order valence-electron chi connectivity index (χ3n) is 2.59. The van der Waals surface area contributed by atoms with Crippen molar-refractivity contribution in [3.63, 3.8) is 0 Å². The summed E-state index contributed by atoms with van der Waals surface area (Å²) in [7, 11) is 0. The van der Waals surface area contributed by atoms with Gasteiger partial charge in [-0.05, 0) is 18.2 Å². The quantitative estimate of drug-likeness (QED) is 0.779. The first kappa shape index (κ1) is 12.9. The molecule has 1 heterocycles. The summed E-state index contributed by atoms with van der Waals surface area (Å²) in [5, 5.41) is 0. The number of benzene rings is 1. The highest BCUT2D eigenvalue weighted by molar-refractivity contribution is 7.71. The zero-order valence-electron chi connectivity index (χ0n) is 10.6. The van der Waals surface area contributed by atoms with Crippen molar-refractivity contribution in [2.24, 2.45) is 0 Å². The Kier molecular flexibility index (Phi) is 3.30. The molecule has 0 atom stereocenters. The van der Waals surface area contributed by atoms with Crippen molar-refractivity contribution in [1.29, 1.82) is 0 Å². The number of hydrogen-bond acceptors (Lipinski definition) is 2. The molecule has 0 aliphatic rings. The van der Waals surface area contributed by atoms with Crippen LogP contribution >= 0.6 is 12.2 Å². The molecule has 0 aliphatic heterocycles. The molecule has 1 aromatic heterocycles. The van der Waals surface area contributed by atoms with Crippen molar-refractivity contribution >= 4 is 12.2 Å². The molecule has 1 aromatic carbocycles. The minimum Gasteiger partial charge on any atom is -0.343 e. The first-order valence-corrected chi connectivity index (χ1v) is 6.15. The Labute approximate surface area is 111 Å². The normalized spacial score (nSPS) is 11.6. The van der Waals surface area contributed by atoms with Gasteiger partial charge >= 0.3 is 0 Å². The number of nitrogens with one attached hydrogen (secondary N) is 1. The van der Waals surface area contributed by atoms with Crippen molar-refractivity contribution in [2.45, 2.75) is 26.2 Å². The topological polar surface area (TPSA) is 28.7 Å². The highest BCUT2D eigenvalue weighted by Crippen LogP contribution is 2.23. The number of hydrogen-bond donors (Lipinski definition) is 1. The zero-order valence-corrected chi connectivity index (χ0v) is 11.4. The molecule has 0 spiro atoms. The van der Waals surface area contributed by atoms with E-state index in [4.69, 9.17) is 12.2 Å². The Balaban J connectivity index is 2.59. The SMILES string of the molecule is CC(C)(C)c1nc(=S)cc(-c2cccc(F)c2)[nH]1. The lowest BCUT2D eigenvalue weighted by atomic mass is 9.95. The van der Waals surface area contributed by atoms with Gasteiger partial charge in [0.1, 0.15) is 16.3 Å². The average Bonchev–Trinajstić information content (AvgIpc) is 2.27. The number of rotatable bonds is 1. The van der Waals surface area contributed by atoms with Crippen molar-refractivity contribution < 1.29 is 4.39 Å². The summed E-state index contributed by atoms with van der Waals surface area (Å²) in [4.78, 5) is 7.54. The molecule has 0 aliphatic carbocycles. The monoisotopic (exact) mass is 262 g/mol. The van der Waals surface area contributed by atoms with Crippen LogP contribution in [-0.4, -0.2) is 9.97 Å². The Morgan fingerprint density at radius 3 is 2.56 bits per heavy atom. The predicted molar refractivity (Wildman–Crippen MR) is 73.5 cm³/mol. The summed E-state index contributed by atoms with van der Waals surface area (Å²) in [5.74, 6) is 0.537. The smallest absolute Gasteiger partial charge is 0.130 e. The molecule has 0 fully saturated rings. The van der Waals surface area contributed by atoms with Crippen LogP contribution in [0.4, 0.5) is 4.39 Å². The van der Waals surface area contributed by atoms with E-state index in [2.05, 4.69) is 30.7 Å². The van der Waals surface area contributed by atoms with Crippen LogP contribution in [0.1, 0.15) is 26.6 Å². The summed E-state index contributed by atoms with van der Waals surface area (Å²) >= 11 is 5.16. The first-order valence-electron chi connectivity index (χ1n) is 5.74. The first-order chi connectivity index (χ1) is 8.36. The lowest BCUT2D eigenvalue weighted by molar-refractivity contribution is 0.545. The molecule has 0 saturated heterocycles. The van der Waals surface area contributed by atoms with Crippen LogP contribution in [0.5, 0.6) is 0 Å². The molecule has 0 saturated carbocycles. The maximum atomic E-state index is 13.2. The second-order valence-corrected chi connectivity index (χ2v) is 5.66. The highest BCUT2D eigenvalue weighted by Gasteiger charge is 2.17. The highest BCUT2D eigenvalue weighted by atomic mass is 32.1. The van der Waals surface area contributed by atoms with Gasteiger partial charge in [-0.25, -0.2) is 9.37 Å². The molecule has 0 bridgehead atoms. The third-order valence-corrected chi connectivity index (χ3v) is 2.80. The molecule has 2 aromatic rings. The second-order valence-electron chi connectivity index (χ2n) is 5.24. The van der Waals surface area contributed by atoms with Crippen LogP contribution < -0.4 is 0 Å². The minimum atomic E-state index is -0.263. The molecule has 0 unspecified atom stereocenters. The van der Waals surface area contributed by atoms with Gasteiger partial charge in [-0.15, -0.1) is 0 Å². The maximum Gasteiger partial charge on any atom is 0.130 e. The van der Waals surface area contributed by atoms with Crippen LogP contribution in [0.25, 0.3) is 11.3 Å². The fourth-order valence-electron chi connectivity index (χ4n) is 1.62. The summed E-state index contributed by atoms with van der Waals surface area (Å²) in [6, 6.07) is 8.17. The van der Waals surface area contributed by atoms with Gasteiger partial charge in [-0.2, -0.15) is 0 Å². The van der Waals surface area contributed by atoms with E-state index in [0.717, 1.165) is 17.1 Å². The van der Waals surface area contributed by atoms with Gasteiger partial charge in [0.25, 0.3) is 0 Å². The summed E-state index contributed by atoms with van der Waals surface area (Å²) < 4.78 is 13.7. The number of nitrogens with zero attached hydrogens (tertiary/aromatic N) is 1. The molecular weight excluding hydrogens is 247 g/mol. The summed E-state index contributed by atoms with van der Waals surface area (Å²) in [5.41, 5.74) is 1.44. The summed E-state index contributed by atoms with van der Waals surface area (Å²) in [6.45, 7) is 6.15. The lowest BCUT2D eigenvalue weighted by Gasteiger charge is -2.18. The van der Waals surface area contributed by atoms with E-state index >= 15 is 0 Å². The molecule has 0 radical (unpaired) electrons. The molecule has 2 rings (SSSR count). The van der Waals surface area contributed by atoms with E-state index < -0.39 is 0 Å². The number of aromatic nitrogens is 2. The maximum absolute atomic E-state index is 13.2. The van der Waals surface area contributed by atoms with Gasteiger partial charge in [0.05, 0.1) is 0 Å². The van der Waals surface area contributed by atoms with E-state index in [1.165, 1.54) is 12.1 Å². The number of aromatic amines is 1. The molecule has 4 heteroatoms. The van der Waals surface area contributed by atoms with Gasteiger partial charge < -0.3 is 4.98 Å². The van der Waals surface area contributed by atoms with Crippen LogP contribution in [0.15, 0.2) is 30.3 Å². The molecule has 2 nitrogen and oxygen atoms in total. The fraction of sp³-hybridized carbons (Fsp3) is 0.286. The minimum absolute atomic E-state index is 0.128. The van der Waals surface area contributed by atoms with Gasteiger partial charge in [-0.3, -0.25) is 0 Å². The second kappa shape index (κ2) is 4.61. The standard InChI is InChI=1S/C14H15FN2S/c1-14(2,3)13-16-11(8-12(18)17-13)9-5-4-6-10(15)7-9/h4-8H,1-3H3,(H,16,17,18). The Hall–Kier alpha value is -1.55. The number of halogens is 1. The van der Waals surface area contributed by atoms with Crippen molar-refractivity contribution in [3.05, 3.63) is 46.6 Å². The molecule has 0 amide bonds. The van der Waals surface area contributed by atoms with Gasteiger partial charge in [0.15, 0.2) is 0 Å². The van der Waals surface area contributed by atoms with Crippen LogP contribution in [0, 0.1) is 10.5 Å². The molecule has 1 N–H and O–H groups in total. The third kappa shape index (κ3) is 2.82. The van der Waals surface area contributed by atoms with Gasteiger partial charge in [0, 0.05) is 16.7 Å². The Morgan fingerprint density at radius 2 is 1.94 bits per heavy atom. The van der Waals surface area contributed by atoms with E-state index in [9.17, 15) is 4.39 Å². The zero-order chi connectivity index (χ0) is 13.3. The molecule has 94 valence electrons. The van der Waals surface area contributed by atoms with Gasteiger partial charge in [-0.1, -0.05) is 45.1 Å². The molecular formula is C14H15FN2S. The largest absolute Gasteiger partial charge is 0.343 e. The van der Waals surface area contributed by atoms with Gasteiger partial charge in [0.2, 0.25) is 0 Å². The van der Waals surface area contributed by atoms with E-state index in [0.29, 0.717) is 4.64 Å². The predicted octanol–water partition coefficient (Wildman–Crippen LogP) is 4.24. The summed E-state index contributed by atoms with van der Waals surface area (Å²) in [6.07, 6.45) is 0. The lowest BCUT2D eigenvalue weighted by Crippen LogP contribution is -2.16.